The standard InChI is InChI=1S/C12H14N2O3S/c1-3-10(15)14-12-13-8-6-7(11(16)17-2)4-5-9(8)18-12/h3,7H,1,4-6H2,2H3,(H,13,14,15). The van der Waals surface area contributed by atoms with Crippen LogP contribution in [0.5, 0.6) is 0 Å². The average Bonchev–Trinajstić information content (AvgIpc) is 2.78. The molecule has 1 N–H and O–H groups in total. The molecule has 0 fully saturated rings. The average molecular weight is 266 g/mol. The number of methoxy groups -OCH3 is 1. The number of anilines is 1. The number of thiazole rings is 1. The van der Waals surface area contributed by atoms with E-state index in [0.29, 0.717) is 11.6 Å². The van der Waals surface area contributed by atoms with E-state index in [4.69, 9.17) is 4.74 Å². The number of aromatic nitrogens is 1. The molecule has 1 aliphatic carbocycles. The number of amides is 1. The van der Waals surface area contributed by atoms with Crippen molar-refractivity contribution in [3.63, 3.8) is 0 Å². The third kappa shape index (κ3) is 2.59. The highest BCUT2D eigenvalue weighted by molar-refractivity contribution is 7.15. The molecule has 6 heteroatoms. The minimum absolute atomic E-state index is 0.118. The third-order valence-electron chi connectivity index (χ3n) is 2.89. The Morgan fingerprint density at radius 1 is 1.61 bits per heavy atom. The van der Waals surface area contributed by atoms with E-state index in [1.165, 1.54) is 24.5 Å². The summed E-state index contributed by atoms with van der Waals surface area (Å²) >= 11 is 1.46. The molecule has 0 bridgehead atoms. The second kappa shape index (κ2) is 5.30. The summed E-state index contributed by atoms with van der Waals surface area (Å²) in [5, 5.41) is 3.21. The lowest BCUT2D eigenvalue weighted by molar-refractivity contribution is -0.145. The largest absolute Gasteiger partial charge is 0.469 e. The lowest BCUT2D eigenvalue weighted by Crippen LogP contribution is -2.23. The zero-order valence-corrected chi connectivity index (χ0v) is 10.9. The molecule has 1 aromatic rings. The first-order chi connectivity index (χ1) is 8.63. The molecule has 0 spiro atoms. The minimum Gasteiger partial charge on any atom is -0.469 e. The topological polar surface area (TPSA) is 68.3 Å². The molecular formula is C12H14N2O3S. The summed E-state index contributed by atoms with van der Waals surface area (Å²) < 4.78 is 4.75. The van der Waals surface area contributed by atoms with E-state index in [1.54, 1.807) is 0 Å². The predicted octanol–water partition coefficient (Wildman–Crippen LogP) is 1.55. The lowest BCUT2D eigenvalue weighted by atomic mass is 9.91. The second-order valence-corrected chi connectivity index (χ2v) is 5.13. The Morgan fingerprint density at radius 3 is 3.06 bits per heavy atom. The Balaban J connectivity index is 2.11. The van der Waals surface area contributed by atoms with Gasteiger partial charge in [-0.2, -0.15) is 0 Å². The van der Waals surface area contributed by atoms with Crippen molar-refractivity contribution in [2.45, 2.75) is 19.3 Å². The van der Waals surface area contributed by atoms with Crippen LogP contribution in [0, 0.1) is 5.92 Å². The molecule has 1 amide bonds. The number of carbonyl (C=O) groups is 2. The SMILES string of the molecule is C=CC(=O)Nc1nc2c(s1)CCC(C(=O)OC)C2. The van der Waals surface area contributed by atoms with Gasteiger partial charge in [0.05, 0.1) is 18.7 Å². The summed E-state index contributed by atoms with van der Waals surface area (Å²) in [6, 6.07) is 0. The van der Waals surface area contributed by atoms with Crippen LogP contribution >= 0.6 is 11.3 Å². The fourth-order valence-corrected chi connectivity index (χ4v) is 2.96. The molecule has 2 rings (SSSR count). The Kier molecular flexibility index (Phi) is 3.76. The molecule has 18 heavy (non-hydrogen) atoms. The van der Waals surface area contributed by atoms with Crippen LogP contribution in [-0.4, -0.2) is 24.0 Å². The Labute approximate surface area is 109 Å². The number of nitrogens with one attached hydrogen (secondary N) is 1. The quantitative estimate of drug-likeness (QED) is 0.665. The number of carbonyl (C=O) groups excluding carboxylic acids is 2. The van der Waals surface area contributed by atoms with E-state index in [1.807, 2.05) is 0 Å². The molecule has 1 atom stereocenters. The van der Waals surface area contributed by atoms with Gasteiger partial charge in [0.1, 0.15) is 0 Å². The zero-order valence-electron chi connectivity index (χ0n) is 10.1. The highest BCUT2D eigenvalue weighted by Gasteiger charge is 2.28. The Morgan fingerprint density at radius 2 is 2.39 bits per heavy atom. The first-order valence-corrected chi connectivity index (χ1v) is 6.45. The molecule has 0 saturated heterocycles. The van der Waals surface area contributed by atoms with Crippen LogP contribution < -0.4 is 5.32 Å². The van der Waals surface area contributed by atoms with Gasteiger partial charge in [0.15, 0.2) is 5.13 Å². The monoisotopic (exact) mass is 266 g/mol. The molecular weight excluding hydrogens is 252 g/mol. The van der Waals surface area contributed by atoms with Crippen molar-refractivity contribution < 1.29 is 14.3 Å². The number of rotatable bonds is 3. The maximum absolute atomic E-state index is 11.5. The van der Waals surface area contributed by atoms with Gasteiger partial charge in [-0.25, -0.2) is 4.98 Å². The number of hydrogen-bond acceptors (Lipinski definition) is 5. The molecule has 0 aliphatic heterocycles. The van der Waals surface area contributed by atoms with Crippen LogP contribution in [0.4, 0.5) is 5.13 Å². The van der Waals surface area contributed by atoms with Gasteiger partial charge in [-0.3, -0.25) is 14.9 Å². The van der Waals surface area contributed by atoms with Gasteiger partial charge in [-0.15, -0.1) is 11.3 Å². The fraction of sp³-hybridized carbons (Fsp3) is 0.417. The molecule has 1 unspecified atom stereocenters. The Bertz CT molecular complexity index is 496. The van der Waals surface area contributed by atoms with Crippen LogP contribution in [0.2, 0.25) is 0 Å². The molecule has 1 aliphatic rings. The van der Waals surface area contributed by atoms with E-state index in [9.17, 15) is 9.59 Å². The van der Waals surface area contributed by atoms with Gasteiger partial charge in [-0.1, -0.05) is 6.58 Å². The summed E-state index contributed by atoms with van der Waals surface area (Å²) in [6.45, 7) is 3.39. The van der Waals surface area contributed by atoms with E-state index < -0.39 is 0 Å². The number of esters is 1. The summed E-state index contributed by atoms with van der Waals surface area (Å²) in [6.07, 6.45) is 3.37. The molecule has 1 aromatic heterocycles. The van der Waals surface area contributed by atoms with Crippen molar-refractivity contribution in [1.82, 2.24) is 4.98 Å². The number of nitrogens with zero attached hydrogens (tertiary/aromatic N) is 1. The van der Waals surface area contributed by atoms with Crippen LogP contribution in [0.3, 0.4) is 0 Å². The zero-order chi connectivity index (χ0) is 13.1. The highest BCUT2D eigenvalue weighted by atomic mass is 32.1. The summed E-state index contributed by atoms with van der Waals surface area (Å²) in [7, 11) is 1.40. The summed E-state index contributed by atoms with van der Waals surface area (Å²) in [5.41, 5.74) is 0.890. The van der Waals surface area contributed by atoms with Gasteiger partial charge in [-0.05, 0) is 18.9 Å². The third-order valence-corrected chi connectivity index (χ3v) is 3.96. The van der Waals surface area contributed by atoms with E-state index in [2.05, 4.69) is 16.9 Å². The van der Waals surface area contributed by atoms with Gasteiger partial charge in [0.2, 0.25) is 5.91 Å². The van der Waals surface area contributed by atoms with Crippen molar-refractivity contribution in [3.05, 3.63) is 23.2 Å². The smallest absolute Gasteiger partial charge is 0.309 e. The molecule has 0 radical (unpaired) electrons. The van der Waals surface area contributed by atoms with Gasteiger partial charge in [0, 0.05) is 11.3 Å². The first kappa shape index (κ1) is 12.8. The molecule has 5 nitrogen and oxygen atoms in total. The predicted molar refractivity (Wildman–Crippen MR) is 68.5 cm³/mol. The Hall–Kier alpha value is -1.69. The van der Waals surface area contributed by atoms with Crippen molar-refractivity contribution in [1.29, 1.82) is 0 Å². The number of ether oxygens (including phenoxy) is 1. The lowest BCUT2D eigenvalue weighted by Gasteiger charge is -2.18. The van der Waals surface area contributed by atoms with Crippen LogP contribution in [0.15, 0.2) is 12.7 Å². The molecule has 96 valence electrons. The number of hydrogen-bond donors (Lipinski definition) is 1. The van der Waals surface area contributed by atoms with Gasteiger partial charge < -0.3 is 4.74 Å². The summed E-state index contributed by atoms with van der Waals surface area (Å²) in [5.74, 6) is -0.580. The van der Waals surface area contributed by atoms with Gasteiger partial charge in [0.25, 0.3) is 0 Å². The van der Waals surface area contributed by atoms with Crippen molar-refractivity contribution in [2.75, 3.05) is 12.4 Å². The van der Waals surface area contributed by atoms with E-state index >= 15 is 0 Å². The normalized spacial score (nSPS) is 17.7. The van der Waals surface area contributed by atoms with Crippen LogP contribution in [0.1, 0.15) is 17.0 Å². The van der Waals surface area contributed by atoms with E-state index in [-0.39, 0.29) is 17.8 Å². The van der Waals surface area contributed by atoms with Crippen molar-refractivity contribution in [3.8, 4) is 0 Å². The minimum atomic E-state index is -0.273. The second-order valence-electron chi connectivity index (χ2n) is 4.05. The number of fused-ring (bicyclic) bond motifs is 1. The fourth-order valence-electron chi connectivity index (χ4n) is 1.96. The molecule has 0 saturated carbocycles. The molecule has 0 aromatic carbocycles. The van der Waals surface area contributed by atoms with Crippen molar-refractivity contribution >= 4 is 28.3 Å². The van der Waals surface area contributed by atoms with E-state index in [0.717, 1.165) is 23.4 Å². The van der Waals surface area contributed by atoms with Crippen LogP contribution in [-0.2, 0) is 27.2 Å². The highest BCUT2D eigenvalue weighted by Crippen LogP contribution is 2.32. The number of aryl methyl sites for hydroxylation is 1. The van der Waals surface area contributed by atoms with Crippen LogP contribution in [0.25, 0.3) is 0 Å². The first-order valence-electron chi connectivity index (χ1n) is 5.64. The maximum Gasteiger partial charge on any atom is 0.309 e. The maximum atomic E-state index is 11.5. The molecule has 1 heterocycles. The van der Waals surface area contributed by atoms with Gasteiger partial charge >= 0.3 is 5.97 Å². The summed E-state index contributed by atoms with van der Waals surface area (Å²) in [4.78, 5) is 28.1. The van der Waals surface area contributed by atoms with Crippen molar-refractivity contribution in [2.24, 2.45) is 5.92 Å².